The van der Waals surface area contributed by atoms with Crippen molar-refractivity contribution in [2.45, 2.75) is 13.3 Å². The van der Waals surface area contributed by atoms with Crippen molar-refractivity contribution in [2.75, 3.05) is 0 Å². The van der Waals surface area contributed by atoms with Crippen molar-refractivity contribution in [2.24, 2.45) is 0 Å². The lowest BCUT2D eigenvalue weighted by atomic mass is 10.0. The van der Waals surface area contributed by atoms with Crippen LogP contribution in [0.25, 0.3) is 32.1 Å². The Labute approximate surface area is 180 Å². The van der Waals surface area contributed by atoms with Crippen molar-refractivity contribution in [1.82, 2.24) is 9.97 Å². The monoisotopic (exact) mass is 460 g/mol. The molecule has 0 aliphatic rings. The molecule has 2 heterocycles. The zero-order valence-corrected chi connectivity index (χ0v) is 18.1. The van der Waals surface area contributed by atoms with Gasteiger partial charge in [0.05, 0.1) is 5.39 Å². The number of fused-ring (bicyclic) bond motifs is 2. The number of rotatable bonds is 3. The average molecular weight is 461 g/mol. The van der Waals surface area contributed by atoms with E-state index in [0.717, 1.165) is 31.6 Å². The zero-order chi connectivity index (χ0) is 20.0. The van der Waals surface area contributed by atoms with Crippen LogP contribution in [0.1, 0.15) is 17.0 Å². The molecule has 0 spiro atoms. The molecular weight excluding hydrogens is 444 g/mol. The predicted molar refractivity (Wildman–Crippen MR) is 125 cm³/mol. The summed E-state index contributed by atoms with van der Waals surface area (Å²) < 4.78 is 0.974. The van der Waals surface area contributed by atoms with E-state index in [1.54, 1.807) is 0 Å². The Morgan fingerprint density at radius 2 is 1.86 bits per heavy atom. The Morgan fingerprint density at radius 1 is 1.03 bits per heavy atom. The molecule has 0 aliphatic heterocycles. The molecule has 3 aromatic carbocycles. The average Bonchev–Trinajstić information content (AvgIpc) is 3.14. The summed E-state index contributed by atoms with van der Waals surface area (Å²) in [5.41, 5.74) is 4.16. The molecule has 0 radical (unpaired) electrons. The van der Waals surface area contributed by atoms with Gasteiger partial charge in [-0.1, -0.05) is 76.1 Å². The molecule has 0 saturated heterocycles. The fourth-order valence-corrected chi connectivity index (χ4v) is 5.17. The number of aryl methyl sites for hydroxylation is 1. The molecule has 0 aliphatic carbocycles. The van der Waals surface area contributed by atoms with Gasteiger partial charge < -0.3 is 4.98 Å². The highest BCUT2D eigenvalue weighted by atomic mass is 79.9. The Kier molecular flexibility index (Phi) is 4.57. The lowest BCUT2D eigenvalue weighted by Crippen LogP contribution is -2.12. The third-order valence-electron chi connectivity index (χ3n) is 5.14. The van der Waals surface area contributed by atoms with Gasteiger partial charge >= 0.3 is 0 Å². The zero-order valence-electron chi connectivity index (χ0n) is 15.7. The summed E-state index contributed by atoms with van der Waals surface area (Å²) in [5.74, 6) is 0.690. The minimum atomic E-state index is -0.0881. The number of hydrogen-bond donors (Lipinski definition) is 1. The first-order valence-electron chi connectivity index (χ1n) is 9.34. The molecule has 0 fully saturated rings. The summed E-state index contributed by atoms with van der Waals surface area (Å²) >= 11 is 5.13. The number of aromatic amines is 1. The molecule has 2 aromatic heterocycles. The van der Waals surface area contributed by atoms with Gasteiger partial charge in [-0.3, -0.25) is 4.79 Å². The highest BCUT2D eigenvalue weighted by Gasteiger charge is 2.15. The third-order valence-corrected chi connectivity index (χ3v) is 6.71. The van der Waals surface area contributed by atoms with E-state index in [2.05, 4.69) is 58.2 Å². The lowest BCUT2D eigenvalue weighted by molar-refractivity contribution is 0.983. The van der Waals surface area contributed by atoms with Gasteiger partial charge in [0, 0.05) is 21.8 Å². The van der Waals surface area contributed by atoms with Crippen molar-refractivity contribution in [1.29, 1.82) is 0 Å². The van der Waals surface area contributed by atoms with Crippen LogP contribution < -0.4 is 5.56 Å². The number of H-pyrrole nitrogens is 1. The van der Waals surface area contributed by atoms with E-state index in [4.69, 9.17) is 4.98 Å². The molecule has 5 rings (SSSR count). The number of nitrogens with zero attached hydrogens (tertiary/aromatic N) is 1. The molecule has 5 aromatic rings. The molecule has 1 N–H and O–H groups in total. The van der Waals surface area contributed by atoms with Crippen molar-refractivity contribution >= 4 is 48.3 Å². The summed E-state index contributed by atoms with van der Waals surface area (Å²) in [7, 11) is 0. The van der Waals surface area contributed by atoms with Crippen LogP contribution in [0.4, 0.5) is 0 Å². The van der Waals surface area contributed by atoms with Crippen LogP contribution >= 0.6 is 27.3 Å². The van der Waals surface area contributed by atoms with E-state index in [1.165, 1.54) is 22.1 Å². The highest BCUT2D eigenvalue weighted by molar-refractivity contribution is 9.10. The molecular formula is C24H17BrN2OS. The first-order chi connectivity index (χ1) is 14.1. The molecule has 0 unspecified atom stereocenters. The second-order valence-electron chi connectivity index (χ2n) is 7.14. The number of benzene rings is 3. The quantitative estimate of drug-likeness (QED) is 0.335. The van der Waals surface area contributed by atoms with Gasteiger partial charge in [-0.25, -0.2) is 4.98 Å². The topological polar surface area (TPSA) is 45.8 Å². The Hall–Kier alpha value is -2.76. The Morgan fingerprint density at radius 3 is 2.76 bits per heavy atom. The van der Waals surface area contributed by atoms with E-state index in [0.29, 0.717) is 17.6 Å². The van der Waals surface area contributed by atoms with Gasteiger partial charge in [0.25, 0.3) is 5.56 Å². The van der Waals surface area contributed by atoms with Crippen LogP contribution in [-0.2, 0) is 6.42 Å². The SMILES string of the molecule is Cc1ccc(Br)c(-c2csc3nc(Cc4cccc5ccccc45)[nH]c(=O)c23)c1. The first-order valence-corrected chi connectivity index (χ1v) is 11.0. The van der Waals surface area contributed by atoms with E-state index < -0.39 is 0 Å². The Balaban J connectivity index is 1.61. The minimum Gasteiger partial charge on any atom is -0.310 e. The van der Waals surface area contributed by atoms with E-state index in [1.807, 2.05) is 35.7 Å². The largest absolute Gasteiger partial charge is 0.310 e. The second kappa shape index (κ2) is 7.25. The number of thiophene rings is 1. The normalized spacial score (nSPS) is 11.4. The third kappa shape index (κ3) is 3.30. The molecule has 0 atom stereocenters. The molecule has 0 amide bonds. The predicted octanol–water partition coefficient (Wildman–Crippen LogP) is 6.47. The summed E-state index contributed by atoms with van der Waals surface area (Å²) in [6.07, 6.45) is 0.591. The lowest BCUT2D eigenvalue weighted by Gasteiger charge is -2.07. The molecule has 5 heteroatoms. The van der Waals surface area contributed by atoms with Gasteiger partial charge in [0.1, 0.15) is 10.7 Å². The van der Waals surface area contributed by atoms with Crippen molar-refractivity contribution in [3.63, 3.8) is 0 Å². The smallest absolute Gasteiger partial charge is 0.260 e. The molecule has 0 bridgehead atoms. The molecule has 142 valence electrons. The summed E-state index contributed by atoms with van der Waals surface area (Å²) in [4.78, 5) is 21.6. The van der Waals surface area contributed by atoms with Crippen molar-refractivity contribution in [3.8, 4) is 11.1 Å². The Bertz CT molecular complexity index is 1430. The van der Waals surface area contributed by atoms with Gasteiger partial charge in [0.15, 0.2) is 0 Å². The van der Waals surface area contributed by atoms with Gasteiger partial charge in [-0.05, 0) is 34.9 Å². The summed E-state index contributed by atoms with van der Waals surface area (Å²) in [6.45, 7) is 2.05. The fraction of sp³-hybridized carbons (Fsp3) is 0.0833. The van der Waals surface area contributed by atoms with Crippen molar-refractivity contribution < 1.29 is 0 Å². The molecule has 3 nitrogen and oxygen atoms in total. The first kappa shape index (κ1) is 18.3. The number of aromatic nitrogens is 2. The van der Waals surface area contributed by atoms with Crippen LogP contribution in [0.2, 0.25) is 0 Å². The summed E-state index contributed by atoms with van der Waals surface area (Å²) in [6, 6.07) is 20.7. The van der Waals surface area contributed by atoms with Crippen LogP contribution in [0, 0.1) is 6.92 Å². The maximum Gasteiger partial charge on any atom is 0.260 e. The van der Waals surface area contributed by atoms with Crippen LogP contribution in [0.5, 0.6) is 0 Å². The maximum atomic E-state index is 13.0. The van der Waals surface area contributed by atoms with Gasteiger partial charge in [0.2, 0.25) is 0 Å². The van der Waals surface area contributed by atoms with E-state index >= 15 is 0 Å². The van der Waals surface area contributed by atoms with Crippen LogP contribution in [0.3, 0.4) is 0 Å². The number of hydrogen-bond acceptors (Lipinski definition) is 3. The number of halogens is 1. The minimum absolute atomic E-state index is 0.0881. The fourth-order valence-electron chi connectivity index (χ4n) is 3.75. The van der Waals surface area contributed by atoms with Crippen molar-refractivity contribution in [3.05, 3.63) is 97.8 Å². The highest BCUT2D eigenvalue weighted by Crippen LogP contribution is 2.36. The van der Waals surface area contributed by atoms with Gasteiger partial charge in [-0.2, -0.15) is 0 Å². The standard InChI is InChI=1S/C24H17BrN2OS/c1-14-9-10-20(25)18(11-14)19-13-29-24-22(19)23(28)26-21(27-24)12-16-7-4-6-15-5-2-3-8-17(15)16/h2-11,13H,12H2,1H3,(H,26,27,28). The summed E-state index contributed by atoms with van der Waals surface area (Å²) in [5, 5.41) is 5.06. The van der Waals surface area contributed by atoms with E-state index in [9.17, 15) is 4.79 Å². The number of nitrogens with one attached hydrogen (secondary N) is 1. The molecule has 29 heavy (non-hydrogen) atoms. The van der Waals surface area contributed by atoms with Crippen LogP contribution in [-0.4, -0.2) is 9.97 Å². The van der Waals surface area contributed by atoms with E-state index in [-0.39, 0.29) is 5.56 Å². The molecule has 0 saturated carbocycles. The maximum absolute atomic E-state index is 13.0. The van der Waals surface area contributed by atoms with Gasteiger partial charge in [-0.15, -0.1) is 11.3 Å². The van der Waals surface area contributed by atoms with Crippen LogP contribution in [0.15, 0.2) is 75.3 Å². The second-order valence-corrected chi connectivity index (χ2v) is 8.85.